The van der Waals surface area contributed by atoms with Gasteiger partial charge in [-0.05, 0) is 6.42 Å². The van der Waals surface area contributed by atoms with Crippen LogP contribution in [-0.4, -0.2) is 36.2 Å². The minimum absolute atomic E-state index is 0.0309. The van der Waals surface area contributed by atoms with Gasteiger partial charge >= 0.3 is 6.18 Å². The lowest BCUT2D eigenvalue weighted by Gasteiger charge is -2.19. The fraction of sp³-hybridized carbons (Fsp3) is 0.667. The normalized spacial score (nSPS) is 11.4. The Bertz CT molecular complexity index is 407. The van der Waals surface area contributed by atoms with Gasteiger partial charge in [0.25, 0.3) is 0 Å². The Labute approximate surface area is 106 Å². The van der Waals surface area contributed by atoms with Crippen molar-refractivity contribution in [2.45, 2.75) is 19.5 Å². The summed E-state index contributed by atoms with van der Waals surface area (Å²) in [5.74, 6) is -0.285. The van der Waals surface area contributed by atoms with Crippen molar-refractivity contribution < 1.29 is 18.0 Å². The van der Waals surface area contributed by atoms with Gasteiger partial charge in [0.1, 0.15) is 0 Å². The molecule has 0 bridgehead atoms. The topological polar surface area (TPSA) is 58.1 Å². The van der Waals surface area contributed by atoms with Gasteiger partial charge in [0.05, 0.1) is 6.54 Å². The van der Waals surface area contributed by atoms with Crippen molar-refractivity contribution in [1.82, 2.24) is 15.5 Å². The molecule has 0 spiro atoms. The van der Waals surface area contributed by atoms with Gasteiger partial charge in [-0.3, -0.25) is 4.79 Å². The van der Waals surface area contributed by atoms with E-state index in [1.54, 1.807) is 0 Å². The van der Waals surface area contributed by atoms with E-state index < -0.39 is 11.2 Å². The fourth-order valence-corrected chi connectivity index (χ4v) is 1.96. The van der Waals surface area contributed by atoms with Gasteiger partial charge < -0.3 is 10.2 Å². The number of aromatic nitrogens is 2. The summed E-state index contributed by atoms with van der Waals surface area (Å²) < 4.78 is 37.2. The van der Waals surface area contributed by atoms with Crippen LogP contribution in [0.2, 0.25) is 0 Å². The van der Waals surface area contributed by atoms with Crippen molar-refractivity contribution in [3.05, 3.63) is 5.01 Å². The van der Waals surface area contributed by atoms with Gasteiger partial charge in [-0.2, -0.15) is 13.2 Å². The number of amides is 1. The van der Waals surface area contributed by atoms with Crippen LogP contribution in [0.15, 0.2) is 0 Å². The van der Waals surface area contributed by atoms with E-state index in [1.807, 2.05) is 6.92 Å². The Kier molecular flexibility index (Phi) is 4.88. The van der Waals surface area contributed by atoms with Crippen molar-refractivity contribution in [1.29, 1.82) is 0 Å². The number of carbonyl (C=O) groups is 1. The van der Waals surface area contributed by atoms with Crippen molar-refractivity contribution >= 4 is 22.4 Å². The number of anilines is 1. The van der Waals surface area contributed by atoms with E-state index in [0.717, 1.165) is 0 Å². The van der Waals surface area contributed by atoms with E-state index in [9.17, 15) is 18.0 Å². The van der Waals surface area contributed by atoms with Crippen molar-refractivity contribution in [2.24, 2.45) is 0 Å². The Balaban J connectivity index is 2.85. The zero-order valence-corrected chi connectivity index (χ0v) is 10.7. The third-order valence-electron chi connectivity index (χ3n) is 2.03. The number of nitrogens with zero attached hydrogens (tertiary/aromatic N) is 3. The molecule has 1 rings (SSSR count). The molecule has 9 heteroatoms. The molecule has 1 heterocycles. The first kappa shape index (κ1) is 14.7. The number of carbonyl (C=O) groups excluding carboxylic acids is 1. The summed E-state index contributed by atoms with van der Waals surface area (Å²) in [5, 5.41) is 8.09. The number of alkyl halides is 3. The van der Waals surface area contributed by atoms with Crippen molar-refractivity contribution in [2.75, 3.05) is 25.0 Å². The first-order valence-corrected chi connectivity index (χ1v) is 6.06. The molecule has 1 aromatic heterocycles. The van der Waals surface area contributed by atoms with Gasteiger partial charge in [0.2, 0.25) is 16.0 Å². The molecule has 0 aliphatic rings. The third kappa shape index (κ3) is 3.83. The highest BCUT2D eigenvalue weighted by Crippen LogP contribution is 2.34. The predicted octanol–water partition coefficient (Wildman–Crippen LogP) is 1.52. The Morgan fingerprint density at radius 3 is 2.56 bits per heavy atom. The lowest BCUT2D eigenvalue weighted by molar-refractivity contribution is -0.138. The van der Waals surface area contributed by atoms with Gasteiger partial charge in [0, 0.05) is 13.6 Å². The average Bonchev–Trinajstić information content (AvgIpc) is 2.77. The predicted molar refractivity (Wildman–Crippen MR) is 61.5 cm³/mol. The summed E-state index contributed by atoms with van der Waals surface area (Å²) >= 11 is 0.439. The maximum absolute atomic E-state index is 12.4. The van der Waals surface area contributed by atoms with E-state index >= 15 is 0 Å². The van der Waals surface area contributed by atoms with E-state index in [2.05, 4.69) is 15.5 Å². The van der Waals surface area contributed by atoms with Crippen LogP contribution in [0.25, 0.3) is 0 Å². The second kappa shape index (κ2) is 5.98. The number of hydrogen-bond donors (Lipinski definition) is 1. The molecule has 0 unspecified atom stereocenters. The van der Waals surface area contributed by atoms with E-state index in [4.69, 9.17) is 0 Å². The zero-order valence-electron chi connectivity index (χ0n) is 9.91. The molecule has 5 nitrogen and oxygen atoms in total. The molecule has 0 saturated heterocycles. The largest absolute Gasteiger partial charge is 0.445 e. The van der Waals surface area contributed by atoms with Crippen LogP contribution in [-0.2, 0) is 11.0 Å². The maximum atomic E-state index is 12.4. The minimum Gasteiger partial charge on any atom is -0.358 e. The monoisotopic (exact) mass is 282 g/mol. The SMILES string of the molecule is CCCN(CC(=O)NC)c1nnc(C(F)(F)F)s1. The van der Waals surface area contributed by atoms with E-state index in [1.165, 1.54) is 11.9 Å². The van der Waals surface area contributed by atoms with Crippen LogP contribution in [0.1, 0.15) is 18.4 Å². The molecule has 102 valence electrons. The molecule has 0 aliphatic heterocycles. The molecular formula is C9H13F3N4OS. The quantitative estimate of drug-likeness (QED) is 0.889. The van der Waals surface area contributed by atoms with Crippen LogP contribution < -0.4 is 10.2 Å². The zero-order chi connectivity index (χ0) is 13.8. The van der Waals surface area contributed by atoms with Crippen LogP contribution in [0.5, 0.6) is 0 Å². The highest BCUT2D eigenvalue weighted by atomic mass is 32.1. The summed E-state index contributed by atoms with van der Waals surface area (Å²) in [5.41, 5.74) is 0. The molecule has 0 atom stereocenters. The molecule has 1 aromatic rings. The average molecular weight is 282 g/mol. The summed E-state index contributed by atoms with van der Waals surface area (Å²) in [6.07, 6.45) is -3.81. The second-order valence-corrected chi connectivity index (χ2v) is 4.44. The highest BCUT2D eigenvalue weighted by Gasteiger charge is 2.36. The van der Waals surface area contributed by atoms with Gasteiger partial charge in [-0.25, -0.2) is 0 Å². The number of hydrogen-bond acceptors (Lipinski definition) is 5. The van der Waals surface area contributed by atoms with Crippen molar-refractivity contribution in [3.63, 3.8) is 0 Å². The smallest absolute Gasteiger partial charge is 0.358 e. The van der Waals surface area contributed by atoms with Gasteiger partial charge in [-0.15, -0.1) is 10.2 Å². The van der Waals surface area contributed by atoms with Crippen molar-refractivity contribution in [3.8, 4) is 0 Å². The molecular weight excluding hydrogens is 269 g/mol. The number of likely N-dealkylation sites (N-methyl/N-ethyl adjacent to an activating group) is 1. The molecule has 0 fully saturated rings. The number of halogens is 3. The molecule has 0 aliphatic carbocycles. The highest BCUT2D eigenvalue weighted by molar-refractivity contribution is 7.15. The minimum atomic E-state index is -4.50. The maximum Gasteiger partial charge on any atom is 0.445 e. The third-order valence-corrected chi connectivity index (χ3v) is 3.06. The van der Waals surface area contributed by atoms with Crippen LogP contribution >= 0.6 is 11.3 Å². The Hall–Kier alpha value is -1.38. The second-order valence-electron chi connectivity index (χ2n) is 3.48. The van der Waals surface area contributed by atoms with Crippen LogP contribution in [0, 0.1) is 0 Å². The van der Waals surface area contributed by atoms with Gasteiger partial charge in [-0.1, -0.05) is 18.3 Å². The molecule has 0 saturated carbocycles. The lowest BCUT2D eigenvalue weighted by Crippen LogP contribution is -2.36. The summed E-state index contributed by atoms with van der Waals surface area (Å²) in [6.45, 7) is 2.28. The first-order chi connectivity index (χ1) is 8.38. The standard InChI is InChI=1S/C9H13F3N4OS/c1-3-4-16(5-6(17)13-2)8-15-14-7(18-8)9(10,11)12/h3-5H2,1-2H3,(H,13,17). The first-order valence-electron chi connectivity index (χ1n) is 5.24. The molecule has 1 amide bonds. The number of rotatable bonds is 5. The molecule has 0 aromatic carbocycles. The Morgan fingerprint density at radius 2 is 2.11 bits per heavy atom. The Morgan fingerprint density at radius 1 is 1.44 bits per heavy atom. The van der Waals surface area contributed by atoms with E-state index in [-0.39, 0.29) is 17.6 Å². The lowest BCUT2D eigenvalue weighted by atomic mass is 10.4. The van der Waals surface area contributed by atoms with Crippen LogP contribution in [0.3, 0.4) is 0 Å². The van der Waals surface area contributed by atoms with E-state index in [0.29, 0.717) is 24.3 Å². The van der Waals surface area contributed by atoms with Gasteiger partial charge in [0.15, 0.2) is 0 Å². The summed E-state index contributed by atoms with van der Waals surface area (Å²) in [6, 6.07) is 0. The molecule has 1 N–H and O–H groups in total. The summed E-state index contributed by atoms with van der Waals surface area (Å²) in [7, 11) is 1.47. The fourth-order valence-electron chi connectivity index (χ4n) is 1.22. The molecule has 18 heavy (non-hydrogen) atoms. The number of nitrogens with one attached hydrogen (secondary N) is 1. The summed E-state index contributed by atoms with van der Waals surface area (Å²) in [4.78, 5) is 12.7. The molecule has 0 radical (unpaired) electrons. The van der Waals surface area contributed by atoms with Crippen LogP contribution in [0.4, 0.5) is 18.3 Å².